The number of carbonyl (C=O) groups excluding carboxylic acids is 1. The first-order valence-corrected chi connectivity index (χ1v) is 8.61. The summed E-state index contributed by atoms with van der Waals surface area (Å²) in [5.41, 5.74) is 2.20. The van der Waals surface area contributed by atoms with E-state index in [1.165, 1.54) is 11.3 Å². The first-order chi connectivity index (χ1) is 12.0. The number of ether oxygens (including phenoxy) is 1. The van der Waals surface area contributed by atoms with Gasteiger partial charge in [0.15, 0.2) is 5.13 Å². The molecular weight excluding hydrogens is 360 g/mol. The highest BCUT2D eigenvalue weighted by atomic mass is 35.5. The van der Waals surface area contributed by atoms with Gasteiger partial charge in [-0.05, 0) is 42.5 Å². The van der Waals surface area contributed by atoms with E-state index >= 15 is 0 Å². The fourth-order valence-corrected chi connectivity index (χ4v) is 3.50. The van der Waals surface area contributed by atoms with Crippen molar-refractivity contribution in [3.8, 4) is 17.0 Å². The zero-order valence-corrected chi connectivity index (χ0v) is 14.9. The van der Waals surface area contributed by atoms with Crippen molar-refractivity contribution in [2.75, 3.05) is 12.4 Å². The molecule has 128 valence electrons. The van der Waals surface area contributed by atoms with Crippen LogP contribution in [-0.4, -0.2) is 18.1 Å². The number of benzene rings is 2. The molecule has 0 aliphatic rings. The average Bonchev–Trinajstić information content (AvgIpc) is 2.96. The molecule has 0 amide bonds. The Hall–Kier alpha value is -2.57. The predicted octanol–water partition coefficient (Wildman–Crippen LogP) is 3.51. The third-order valence-electron chi connectivity index (χ3n) is 3.44. The zero-order valence-electron chi connectivity index (χ0n) is 13.3. The second-order valence-corrected chi connectivity index (χ2v) is 6.72. The molecule has 3 rings (SSSR count). The molecular formula is C18H14ClN2O3S-. The molecule has 2 aromatic carbocycles. The molecule has 0 saturated heterocycles. The standard InChI is InChI=1S/C18H15ClN2O3S/c1-24-14-7-5-11(6-8-14)17-15(10-16(22)23)25-18(21-17)20-13-4-2-3-12(19)9-13/h2-9H,10H2,1H3,(H,20,21)(H,22,23)/p-1. The van der Waals surface area contributed by atoms with Crippen molar-refractivity contribution in [1.82, 2.24) is 4.98 Å². The number of nitrogens with one attached hydrogen (secondary N) is 1. The minimum absolute atomic E-state index is 0.198. The first-order valence-electron chi connectivity index (χ1n) is 7.41. The van der Waals surface area contributed by atoms with Gasteiger partial charge in [-0.25, -0.2) is 4.98 Å². The van der Waals surface area contributed by atoms with E-state index in [1.54, 1.807) is 19.2 Å². The summed E-state index contributed by atoms with van der Waals surface area (Å²) in [4.78, 5) is 16.2. The highest BCUT2D eigenvalue weighted by molar-refractivity contribution is 7.16. The van der Waals surface area contributed by atoms with Gasteiger partial charge in [0.1, 0.15) is 5.75 Å². The van der Waals surface area contributed by atoms with Crippen molar-refractivity contribution in [2.45, 2.75) is 6.42 Å². The summed E-state index contributed by atoms with van der Waals surface area (Å²) in [7, 11) is 1.59. The van der Waals surface area contributed by atoms with Gasteiger partial charge < -0.3 is 20.0 Å². The van der Waals surface area contributed by atoms with Crippen LogP contribution in [0.4, 0.5) is 10.8 Å². The van der Waals surface area contributed by atoms with E-state index < -0.39 is 5.97 Å². The Kier molecular flexibility index (Phi) is 5.21. The maximum absolute atomic E-state index is 11.1. The number of carboxylic acid groups (broad SMARTS) is 1. The molecule has 0 atom stereocenters. The van der Waals surface area contributed by atoms with E-state index in [9.17, 15) is 9.90 Å². The highest BCUT2D eigenvalue weighted by Gasteiger charge is 2.14. The van der Waals surface area contributed by atoms with Gasteiger partial charge in [0, 0.05) is 33.5 Å². The SMILES string of the molecule is COc1ccc(-c2nc(Nc3cccc(Cl)c3)sc2CC(=O)[O-])cc1. The lowest BCUT2D eigenvalue weighted by molar-refractivity contribution is -0.304. The third-order valence-corrected chi connectivity index (χ3v) is 4.65. The summed E-state index contributed by atoms with van der Waals surface area (Å²) >= 11 is 7.26. The predicted molar refractivity (Wildman–Crippen MR) is 97.5 cm³/mol. The van der Waals surface area contributed by atoms with Gasteiger partial charge in [-0.15, -0.1) is 11.3 Å². The molecule has 25 heavy (non-hydrogen) atoms. The first kappa shape index (κ1) is 17.3. The molecule has 1 N–H and O–H groups in total. The number of hydrogen-bond donors (Lipinski definition) is 1. The highest BCUT2D eigenvalue weighted by Crippen LogP contribution is 2.34. The number of halogens is 1. The number of aromatic nitrogens is 1. The minimum atomic E-state index is -1.15. The second kappa shape index (κ2) is 7.55. The number of carboxylic acids is 1. The van der Waals surface area contributed by atoms with Crippen molar-refractivity contribution >= 4 is 39.7 Å². The summed E-state index contributed by atoms with van der Waals surface area (Å²) in [6, 6.07) is 14.5. The normalized spacial score (nSPS) is 10.5. The van der Waals surface area contributed by atoms with Gasteiger partial charge in [-0.2, -0.15) is 0 Å². The quantitative estimate of drug-likeness (QED) is 0.715. The van der Waals surface area contributed by atoms with Crippen LogP contribution < -0.4 is 15.2 Å². The fraction of sp³-hybridized carbons (Fsp3) is 0.111. The van der Waals surface area contributed by atoms with Crippen molar-refractivity contribution in [2.24, 2.45) is 0 Å². The number of aliphatic carboxylic acids is 1. The molecule has 0 radical (unpaired) electrons. The molecule has 7 heteroatoms. The van der Waals surface area contributed by atoms with Crippen molar-refractivity contribution in [1.29, 1.82) is 0 Å². The van der Waals surface area contributed by atoms with Crippen LogP contribution in [-0.2, 0) is 11.2 Å². The van der Waals surface area contributed by atoms with Gasteiger partial charge in [-0.1, -0.05) is 17.7 Å². The summed E-state index contributed by atoms with van der Waals surface area (Å²) in [5.74, 6) is -0.426. The number of carbonyl (C=O) groups is 1. The van der Waals surface area contributed by atoms with Crippen LogP contribution in [0.25, 0.3) is 11.3 Å². The molecule has 0 unspecified atom stereocenters. The molecule has 0 bridgehead atoms. The summed E-state index contributed by atoms with van der Waals surface area (Å²) in [6.07, 6.45) is -0.198. The van der Waals surface area contributed by atoms with Crippen molar-refractivity contribution < 1.29 is 14.6 Å². The number of nitrogens with zero attached hydrogens (tertiary/aromatic N) is 1. The molecule has 1 heterocycles. The lowest BCUT2D eigenvalue weighted by Crippen LogP contribution is -2.24. The monoisotopic (exact) mass is 373 g/mol. The molecule has 0 aliphatic heterocycles. The summed E-state index contributed by atoms with van der Waals surface area (Å²) in [5, 5.41) is 15.4. The van der Waals surface area contributed by atoms with E-state index in [-0.39, 0.29) is 6.42 Å². The summed E-state index contributed by atoms with van der Waals surface area (Å²) < 4.78 is 5.15. The van der Waals surface area contributed by atoms with E-state index in [0.29, 0.717) is 20.7 Å². The molecule has 0 saturated carbocycles. The maximum Gasteiger partial charge on any atom is 0.187 e. The zero-order chi connectivity index (χ0) is 17.8. The lowest BCUT2D eigenvalue weighted by atomic mass is 10.1. The van der Waals surface area contributed by atoms with Gasteiger partial charge in [0.05, 0.1) is 12.8 Å². The number of rotatable bonds is 6. The largest absolute Gasteiger partial charge is 0.550 e. The number of methoxy groups -OCH3 is 1. The van der Waals surface area contributed by atoms with Gasteiger partial charge >= 0.3 is 0 Å². The van der Waals surface area contributed by atoms with Crippen LogP contribution >= 0.6 is 22.9 Å². The lowest BCUT2D eigenvalue weighted by Gasteiger charge is -2.04. The summed E-state index contributed by atoms with van der Waals surface area (Å²) in [6.45, 7) is 0. The van der Waals surface area contributed by atoms with Crippen LogP contribution in [0.2, 0.25) is 5.02 Å². The van der Waals surface area contributed by atoms with E-state index in [1.807, 2.05) is 36.4 Å². The average molecular weight is 374 g/mol. The molecule has 0 spiro atoms. The van der Waals surface area contributed by atoms with E-state index in [0.717, 1.165) is 17.0 Å². The Morgan fingerprint density at radius 2 is 2.04 bits per heavy atom. The Bertz CT molecular complexity index is 894. The Morgan fingerprint density at radius 1 is 1.28 bits per heavy atom. The molecule has 5 nitrogen and oxygen atoms in total. The van der Waals surface area contributed by atoms with Gasteiger partial charge in [-0.3, -0.25) is 0 Å². The topological polar surface area (TPSA) is 74.3 Å². The van der Waals surface area contributed by atoms with Crippen molar-refractivity contribution in [3.05, 3.63) is 58.4 Å². The minimum Gasteiger partial charge on any atom is -0.550 e. The van der Waals surface area contributed by atoms with Crippen LogP contribution in [0, 0.1) is 0 Å². The van der Waals surface area contributed by atoms with Gasteiger partial charge in [0.25, 0.3) is 0 Å². The van der Waals surface area contributed by atoms with Crippen LogP contribution in [0.3, 0.4) is 0 Å². The molecule has 0 aliphatic carbocycles. The maximum atomic E-state index is 11.1. The number of anilines is 2. The van der Waals surface area contributed by atoms with Crippen LogP contribution in [0.1, 0.15) is 4.88 Å². The van der Waals surface area contributed by atoms with Crippen molar-refractivity contribution in [3.63, 3.8) is 0 Å². The Morgan fingerprint density at radius 3 is 2.68 bits per heavy atom. The fourth-order valence-electron chi connectivity index (χ4n) is 2.32. The smallest absolute Gasteiger partial charge is 0.187 e. The van der Waals surface area contributed by atoms with Gasteiger partial charge in [0.2, 0.25) is 0 Å². The Balaban J connectivity index is 1.95. The number of hydrogen-bond acceptors (Lipinski definition) is 6. The van der Waals surface area contributed by atoms with Crippen LogP contribution in [0.15, 0.2) is 48.5 Å². The van der Waals surface area contributed by atoms with E-state index in [4.69, 9.17) is 16.3 Å². The third kappa shape index (κ3) is 4.29. The molecule has 1 aromatic heterocycles. The Labute approximate surface area is 153 Å². The number of thiazole rings is 1. The van der Waals surface area contributed by atoms with Crippen LogP contribution in [0.5, 0.6) is 5.75 Å². The second-order valence-electron chi connectivity index (χ2n) is 5.20. The van der Waals surface area contributed by atoms with E-state index in [2.05, 4.69) is 10.3 Å². The molecule has 3 aromatic rings. The molecule has 0 fully saturated rings.